The SMILES string of the molecule is CN=C(NCCS(=O)(=O)N1CCSCC1)NCc1ccc(F)cc1. The van der Waals surface area contributed by atoms with Crippen LogP contribution >= 0.6 is 11.8 Å². The lowest BCUT2D eigenvalue weighted by atomic mass is 10.2. The third-order valence-electron chi connectivity index (χ3n) is 3.61. The van der Waals surface area contributed by atoms with Crippen molar-refractivity contribution >= 4 is 27.7 Å². The van der Waals surface area contributed by atoms with Gasteiger partial charge in [0.25, 0.3) is 0 Å². The van der Waals surface area contributed by atoms with Gasteiger partial charge in [0.15, 0.2) is 5.96 Å². The minimum absolute atomic E-state index is 0.0366. The average Bonchev–Trinajstić information content (AvgIpc) is 2.60. The minimum Gasteiger partial charge on any atom is -0.355 e. The molecule has 1 saturated heterocycles. The molecule has 1 aliphatic rings. The molecule has 0 spiro atoms. The van der Waals surface area contributed by atoms with E-state index in [4.69, 9.17) is 0 Å². The molecule has 0 radical (unpaired) electrons. The first-order chi connectivity index (χ1) is 11.5. The number of thioether (sulfide) groups is 1. The Hall–Kier alpha value is -1.32. The number of guanidine groups is 1. The lowest BCUT2D eigenvalue weighted by molar-refractivity contribution is 0.443. The van der Waals surface area contributed by atoms with Crippen molar-refractivity contribution in [2.45, 2.75) is 6.54 Å². The molecule has 1 fully saturated rings. The number of nitrogens with zero attached hydrogens (tertiary/aromatic N) is 2. The Morgan fingerprint density at radius 3 is 2.54 bits per heavy atom. The Kier molecular flexibility index (Phi) is 7.32. The van der Waals surface area contributed by atoms with Crippen LogP contribution in [0.1, 0.15) is 5.56 Å². The normalized spacial score (nSPS) is 16.8. The molecule has 0 bridgehead atoms. The number of sulfonamides is 1. The van der Waals surface area contributed by atoms with Crippen molar-refractivity contribution in [2.24, 2.45) is 4.99 Å². The second kappa shape index (κ2) is 9.24. The lowest BCUT2D eigenvalue weighted by Crippen LogP contribution is -2.44. The van der Waals surface area contributed by atoms with Crippen molar-refractivity contribution in [3.8, 4) is 0 Å². The summed E-state index contributed by atoms with van der Waals surface area (Å²) < 4.78 is 38.9. The van der Waals surface area contributed by atoms with Gasteiger partial charge in [0.05, 0.1) is 5.75 Å². The molecular formula is C15H23FN4O2S2. The molecule has 0 unspecified atom stereocenters. The predicted molar refractivity (Wildman–Crippen MR) is 97.3 cm³/mol. The van der Waals surface area contributed by atoms with Gasteiger partial charge >= 0.3 is 0 Å². The van der Waals surface area contributed by atoms with E-state index in [0.717, 1.165) is 17.1 Å². The summed E-state index contributed by atoms with van der Waals surface area (Å²) in [4.78, 5) is 4.06. The first kappa shape index (κ1) is 19.0. The molecule has 0 aromatic heterocycles. The van der Waals surface area contributed by atoms with Gasteiger partial charge in [-0.1, -0.05) is 12.1 Å². The van der Waals surface area contributed by atoms with E-state index in [2.05, 4.69) is 15.6 Å². The maximum atomic E-state index is 12.9. The first-order valence-corrected chi connectivity index (χ1v) is 10.5. The third-order valence-corrected chi connectivity index (χ3v) is 6.43. The van der Waals surface area contributed by atoms with Crippen LogP contribution in [0.3, 0.4) is 0 Å². The fourth-order valence-electron chi connectivity index (χ4n) is 2.26. The van der Waals surface area contributed by atoms with Gasteiger partial charge in [-0.15, -0.1) is 0 Å². The van der Waals surface area contributed by atoms with Gasteiger partial charge in [0.1, 0.15) is 5.82 Å². The topological polar surface area (TPSA) is 73.8 Å². The summed E-state index contributed by atoms with van der Waals surface area (Å²) in [6, 6.07) is 6.18. The third kappa shape index (κ3) is 5.95. The molecule has 2 N–H and O–H groups in total. The molecule has 1 aromatic carbocycles. The zero-order chi connectivity index (χ0) is 17.4. The van der Waals surface area contributed by atoms with Crippen LogP contribution in [0.2, 0.25) is 0 Å². The molecule has 0 saturated carbocycles. The number of rotatable bonds is 6. The van der Waals surface area contributed by atoms with Gasteiger partial charge in [-0.3, -0.25) is 4.99 Å². The zero-order valence-corrected chi connectivity index (χ0v) is 15.3. The molecule has 134 valence electrons. The van der Waals surface area contributed by atoms with Gasteiger partial charge < -0.3 is 10.6 Å². The second-order valence-electron chi connectivity index (χ2n) is 5.31. The summed E-state index contributed by atoms with van der Waals surface area (Å²) in [5.74, 6) is 1.99. The highest BCUT2D eigenvalue weighted by Gasteiger charge is 2.23. The highest BCUT2D eigenvalue weighted by Crippen LogP contribution is 2.12. The maximum absolute atomic E-state index is 12.9. The number of nitrogens with one attached hydrogen (secondary N) is 2. The molecule has 0 aliphatic carbocycles. The molecule has 9 heteroatoms. The molecular weight excluding hydrogens is 351 g/mol. The van der Waals surface area contributed by atoms with Gasteiger partial charge in [-0.25, -0.2) is 17.1 Å². The maximum Gasteiger partial charge on any atom is 0.215 e. The second-order valence-corrected chi connectivity index (χ2v) is 8.62. The van der Waals surface area contributed by atoms with Crippen molar-refractivity contribution in [1.29, 1.82) is 0 Å². The van der Waals surface area contributed by atoms with Crippen LogP contribution in [0.5, 0.6) is 0 Å². The fourth-order valence-corrected chi connectivity index (χ4v) is 4.75. The van der Waals surface area contributed by atoms with E-state index >= 15 is 0 Å². The highest BCUT2D eigenvalue weighted by atomic mass is 32.2. The molecule has 1 aromatic rings. The summed E-state index contributed by atoms with van der Waals surface area (Å²) in [6.45, 7) is 1.94. The van der Waals surface area contributed by atoms with Crippen LogP contribution in [0.4, 0.5) is 4.39 Å². The van der Waals surface area contributed by atoms with E-state index in [1.807, 2.05) is 0 Å². The van der Waals surface area contributed by atoms with E-state index < -0.39 is 10.0 Å². The zero-order valence-electron chi connectivity index (χ0n) is 13.7. The van der Waals surface area contributed by atoms with Crippen LogP contribution in [-0.2, 0) is 16.6 Å². The lowest BCUT2D eigenvalue weighted by Gasteiger charge is -2.25. The fraction of sp³-hybridized carbons (Fsp3) is 0.533. The number of hydrogen-bond acceptors (Lipinski definition) is 4. The van der Waals surface area contributed by atoms with E-state index in [-0.39, 0.29) is 18.1 Å². The quantitative estimate of drug-likeness (QED) is 0.571. The van der Waals surface area contributed by atoms with Crippen LogP contribution in [0.15, 0.2) is 29.3 Å². The van der Waals surface area contributed by atoms with Crippen molar-refractivity contribution in [3.63, 3.8) is 0 Å². The Labute approximate surface area is 147 Å². The smallest absolute Gasteiger partial charge is 0.215 e. The van der Waals surface area contributed by atoms with Crippen molar-refractivity contribution in [2.75, 3.05) is 43.9 Å². The largest absolute Gasteiger partial charge is 0.355 e. The van der Waals surface area contributed by atoms with Crippen molar-refractivity contribution in [1.82, 2.24) is 14.9 Å². The number of benzene rings is 1. The molecule has 24 heavy (non-hydrogen) atoms. The number of hydrogen-bond donors (Lipinski definition) is 2. The van der Waals surface area contributed by atoms with E-state index in [1.165, 1.54) is 12.1 Å². The van der Waals surface area contributed by atoms with Gasteiger partial charge in [-0.05, 0) is 17.7 Å². The van der Waals surface area contributed by atoms with E-state index in [9.17, 15) is 12.8 Å². The minimum atomic E-state index is -3.23. The first-order valence-electron chi connectivity index (χ1n) is 7.76. The summed E-state index contributed by atoms with van der Waals surface area (Å²) >= 11 is 1.78. The molecule has 0 atom stereocenters. The van der Waals surface area contributed by atoms with Gasteiger partial charge in [-0.2, -0.15) is 11.8 Å². The summed E-state index contributed by atoms with van der Waals surface area (Å²) in [5.41, 5.74) is 0.915. The van der Waals surface area contributed by atoms with Crippen LogP contribution in [0, 0.1) is 5.82 Å². The summed E-state index contributed by atoms with van der Waals surface area (Å²) in [6.07, 6.45) is 0. The monoisotopic (exact) mass is 374 g/mol. The van der Waals surface area contributed by atoms with Crippen molar-refractivity contribution < 1.29 is 12.8 Å². The standard InChI is InChI=1S/C15H23FN4O2S2/c1-17-15(19-12-13-2-4-14(16)5-3-13)18-6-11-24(21,22)20-7-9-23-10-8-20/h2-5H,6-12H2,1H3,(H2,17,18,19). The van der Waals surface area contributed by atoms with Crippen LogP contribution in [-0.4, -0.2) is 62.6 Å². The molecule has 1 aliphatic heterocycles. The average molecular weight is 375 g/mol. The number of halogens is 1. The Bertz CT molecular complexity index is 644. The summed E-state index contributed by atoms with van der Waals surface area (Å²) in [7, 11) is -1.60. The van der Waals surface area contributed by atoms with E-state index in [1.54, 1.807) is 35.2 Å². The molecule has 1 heterocycles. The van der Waals surface area contributed by atoms with Crippen LogP contribution < -0.4 is 10.6 Å². The Balaban J connectivity index is 1.75. The Morgan fingerprint density at radius 1 is 1.25 bits per heavy atom. The Morgan fingerprint density at radius 2 is 1.92 bits per heavy atom. The van der Waals surface area contributed by atoms with Gasteiger partial charge in [0, 0.05) is 44.7 Å². The summed E-state index contributed by atoms with van der Waals surface area (Å²) in [5, 5.41) is 6.08. The van der Waals surface area contributed by atoms with E-state index in [0.29, 0.717) is 25.6 Å². The number of aliphatic imine (C=N–C) groups is 1. The van der Waals surface area contributed by atoms with Crippen molar-refractivity contribution in [3.05, 3.63) is 35.6 Å². The van der Waals surface area contributed by atoms with Gasteiger partial charge in [0.2, 0.25) is 10.0 Å². The molecule has 2 rings (SSSR count). The van der Waals surface area contributed by atoms with Crippen LogP contribution in [0.25, 0.3) is 0 Å². The predicted octanol–water partition coefficient (Wildman–Crippen LogP) is 0.869. The molecule has 6 nitrogen and oxygen atoms in total. The highest BCUT2D eigenvalue weighted by molar-refractivity contribution is 7.99. The molecule has 0 amide bonds.